The second kappa shape index (κ2) is 9.62. The minimum absolute atomic E-state index is 0.303. The lowest BCUT2D eigenvalue weighted by molar-refractivity contribution is -0.324. The van der Waals surface area contributed by atoms with Crippen molar-refractivity contribution in [3.8, 4) is 5.88 Å². The van der Waals surface area contributed by atoms with E-state index >= 15 is 0 Å². The van der Waals surface area contributed by atoms with E-state index in [1.807, 2.05) is 7.05 Å². The van der Waals surface area contributed by atoms with Gasteiger partial charge >= 0.3 is 5.97 Å². The van der Waals surface area contributed by atoms with Gasteiger partial charge in [0.25, 0.3) is 0 Å². The third-order valence-electron chi connectivity index (χ3n) is 7.42. The number of esters is 1. The van der Waals surface area contributed by atoms with E-state index in [-0.39, 0.29) is 0 Å². The Labute approximate surface area is 203 Å². The number of aromatic nitrogens is 3. The first-order chi connectivity index (χ1) is 16.8. The van der Waals surface area contributed by atoms with E-state index in [4.69, 9.17) is 24.3 Å². The molecule has 0 spiro atoms. The summed E-state index contributed by atoms with van der Waals surface area (Å²) in [6.07, 6.45) is -2.91. The van der Waals surface area contributed by atoms with Crippen LogP contribution in [0.1, 0.15) is 55.8 Å². The number of aliphatic hydroxyl groups is 3. The van der Waals surface area contributed by atoms with Gasteiger partial charge in [-0.15, -0.1) is 0 Å². The summed E-state index contributed by atoms with van der Waals surface area (Å²) in [5.41, 5.74) is 3.89. The van der Waals surface area contributed by atoms with Gasteiger partial charge < -0.3 is 29.7 Å². The molecule has 0 radical (unpaired) electrons. The number of pyridine rings is 1. The van der Waals surface area contributed by atoms with Crippen LogP contribution < -0.4 is 4.74 Å². The Balaban J connectivity index is 1.52. The molecule has 3 aliphatic rings. The fourth-order valence-corrected chi connectivity index (χ4v) is 5.55. The number of nitrogens with zero attached hydrogens (tertiary/aromatic N) is 4. The summed E-state index contributed by atoms with van der Waals surface area (Å²) in [5.74, 6) is -0.0373. The van der Waals surface area contributed by atoms with E-state index in [0.29, 0.717) is 17.4 Å². The van der Waals surface area contributed by atoms with Gasteiger partial charge in [-0.3, -0.25) is 14.2 Å². The van der Waals surface area contributed by atoms with Crippen molar-refractivity contribution in [1.82, 2.24) is 19.7 Å². The van der Waals surface area contributed by atoms with E-state index < -0.39 is 36.9 Å². The van der Waals surface area contributed by atoms with Crippen LogP contribution in [0.3, 0.4) is 0 Å². The Kier molecular flexibility index (Phi) is 6.71. The molecule has 35 heavy (non-hydrogen) atoms. The quantitative estimate of drug-likeness (QED) is 0.504. The molecule has 2 fully saturated rings. The number of hydrogen-bond acceptors (Lipinski definition) is 10. The van der Waals surface area contributed by atoms with Crippen LogP contribution in [0.4, 0.5) is 0 Å². The molecule has 3 N–H and O–H groups in total. The summed E-state index contributed by atoms with van der Waals surface area (Å²) in [6.45, 7) is 6.41. The van der Waals surface area contributed by atoms with Crippen molar-refractivity contribution in [3.63, 3.8) is 0 Å². The summed E-state index contributed by atoms with van der Waals surface area (Å²) < 4.78 is 18.3. The molecule has 5 rings (SSSR count). The number of carbonyl (C=O) groups excluding carboxylic acids is 1. The monoisotopic (exact) mass is 490 g/mol. The molecule has 2 aromatic rings. The lowest BCUT2D eigenvalue weighted by Gasteiger charge is -2.39. The molecule has 2 aromatic heterocycles. The molecule has 192 valence electrons. The SMILES string of the molecule is CCN1CCC(c2nn(C)c3nc(O[C@H]4O[C@@H](OC(C)=O)[C@@H](O)[C@@H](O)[C@H]4O)c4c(c23)CCCC4)C1. The van der Waals surface area contributed by atoms with Crippen molar-refractivity contribution in [3.05, 3.63) is 16.8 Å². The van der Waals surface area contributed by atoms with Gasteiger partial charge in [-0.1, -0.05) is 6.92 Å². The highest BCUT2D eigenvalue weighted by Gasteiger charge is 2.47. The number of carbonyl (C=O) groups is 1. The smallest absolute Gasteiger partial charge is 0.305 e. The first-order valence-electron chi connectivity index (χ1n) is 12.4. The molecule has 0 bridgehead atoms. The molecule has 2 aliphatic heterocycles. The molecule has 0 aromatic carbocycles. The van der Waals surface area contributed by atoms with Crippen molar-refractivity contribution in [2.75, 3.05) is 19.6 Å². The predicted octanol–water partition coefficient (Wildman–Crippen LogP) is 0.363. The Hall–Kier alpha value is -2.31. The zero-order valence-corrected chi connectivity index (χ0v) is 20.4. The Morgan fingerprint density at radius 2 is 1.83 bits per heavy atom. The maximum Gasteiger partial charge on any atom is 0.305 e. The standard InChI is InChI=1S/C24H34N4O7/c1-4-28-10-9-13(11-28)17-16-14-7-5-6-8-15(14)22(25-21(16)27(3)26-17)34-24-20(32)18(30)19(31)23(35-24)33-12(2)29/h13,18-20,23-24,30-32H,4-11H2,1-3H3/t13?,18-,19+,20-,23-,24+/m1/s1. The summed E-state index contributed by atoms with van der Waals surface area (Å²) in [5, 5.41) is 37.0. The summed E-state index contributed by atoms with van der Waals surface area (Å²) in [4.78, 5) is 18.6. The predicted molar refractivity (Wildman–Crippen MR) is 124 cm³/mol. The van der Waals surface area contributed by atoms with Crippen LogP contribution in [0.5, 0.6) is 5.88 Å². The molecule has 11 heteroatoms. The van der Waals surface area contributed by atoms with Gasteiger partial charge in [-0.2, -0.15) is 10.1 Å². The molecule has 6 atom stereocenters. The largest absolute Gasteiger partial charge is 0.444 e. The molecule has 0 saturated carbocycles. The number of aliphatic hydroxyl groups excluding tert-OH is 3. The van der Waals surface area contributed by atoms with Gasteiger partial charge in [-0.25, -0.2) is 0 Å². The first kappa shape index (κ1) is 24.4. The van der Waals surface area contributed by atoms with E-state index in [0.717, 1.165) is 73.9 Å². The lowest BCUT2D eigenvalue weighted by Crippen LogP contribution is -2.60. The summed E-state index contributed by atoms with van der Waals surface area (Å²) in [7, 11) is 1.87. The molecule has 4 heterocycles. The highest BCUT2D eigenvalue weighted by atomic mass is 16.8. The van der Waals surface area contributed by atoms with Gasteiger partial charge in [0.1, 0.15) is 18.3 Å². The Morgan fingerprint density at radius 3 is 2.51 bits per heavy atom. The maximum absolute atomic E-state index is 11.4. The molecule has 1 unspecified atom stereocenters. The number of likely N-dealkylation sites (N-methyl/N-ethyl adjacent to an activating group) is 1. The summed E-state index contributed by atoms with van der Waals surface area (Å²) >= 11 is 0. The third kappa shape index (κ3) is 4.40. The van der Waals surface area contributed by atoms with E-state index in [1.54, 1.807) is 4.68 Å². The fourth-order valence-electron chi connectivity index (χ4n) is 5.55. The van der Waals surface area contributed by atoms with Gasteiger partial charge in [0.15, 0.2) is 5.65 Å². The Morgan fingerprint density at radius 1 is 1.11 bits per heavy atom. The molecule has 2 saturated heterocycles. The average molecular weight is 491 g/mol. The van der Waals surface area contributed by atoms with E-state index in [9.17, 15) is 20.1 Å². The van der Waals surface area contributed by atoms with Crippen molar-refractivity contribution >= 4 is 17.0 Å². The number of hydrogen-bond donors (Lipinski definition) is 3. The van der Waals surface area contributed by atoms with Crippen LogP contribution in [-0.4, -0.2) is 91.5 Å². The molecule has 0 amide bonds. The molecule has 1 aliphatic carbocycles. The fraction of sp³-hybridized carbons (Fsp3) is 0.708. The van der Waals surface area contributed by atoms with Crippen LogP contribution >= 0.6 is 0 Å². The lowest BCUT2D eigenvalue weighted by atomic mass is 9.88. The molecule has 11 nitrogen and oxygen atoms in total. The third-order valence-corrected chi connectivity index (χ3v) is 7.42. The van der Waals surface area contributed by atoms with Crippen LogP contribution in [0, 0.1) is 0 Å². The number of aryl methyl sites for hydroxylation is 2. The van der Waals surface area contributed by atoms with Crippen LogP contribution in [0.2, 0.25) is 0 Å². The molecular formula is C24H34N4O7. The van der Waals surface area contributed by atoms with Crippen molar-refractivity contribution < 1.29 is 34.3 Å². The number of ether oxygens (including phenoxy) is 3. The minimum atomic E-state index is -1.62. The zero-order valence-electron chi connectivity index (χ0n) is 20.4. The van der Waals surface area contributed by atoms with Gasteiger partial charge in [0.2, 0.25) is 18.5 Å². The number of likely N-dealkylation sites (tertiary alicyclic amines) is 1. The van der Waals surface area contributed by atoms with Crippen molar-refractivity contribution in [2.24, 2.45) is 7.05 Å². The number of rotatable bonds is 5. The van der Waals surface area contributed by atoms with Gasteiger partial charge in [0, 0.05) is 37.4 Å². The highest BCUT2D eigenvalue weighted by molar-refractivity contribution is 5.85. The maximum atomic E-state index is 11.4. The zero-order chi connectivity index (χ0) is 24.9. The second-order valence-electron chi connectivity index (χ2n) is 9.74. The first-order valence-corrected chi connectivity index (χ1v) is 12.4. The summed E-state index contributed by atoms with van der Waals surface area (Å²) in [6, 6.07) is 0. The highest BCUT2D eigenvalue weighted by Crippen LogP contribution is 2.40. The Bertz CT molecular complexity index is 1110. The van der Waals surface area contributed by atoms with E-state index in [1.165, 1.54) is 6.92 Å². The topological polar surface area (TPSA) is 139 Å². The molecular weight excluding hydrogens is 456 g/mol. The van der Waals surface area contributed by atoms with Crippen LogP contribution in [0.25, 0.3) is 11.0 Å². The van der Waals surface area contributed by atoms with Gasteiger partial charge in [0.05, 0.1) is 5.69 Å². The minimum Gasteiger partial charge on any atom is -0.444 e. The van der Waals surface area contributed by atoms with Crippen LogP contribution in [0.15, 0.2) is 0 Å². The second-order valence-corrected chi connectivity index (χ2v) is 9.74. The van der Waals surface area contributed by atoms with E-state index in [2.05, 4.69) is 11.8 Å². The van der Waals surface area contributed by atoms with Crippen LogP contribution in [-0.2, 0) is 34.2 Å². The average Bonchev–Trinajstić information content (AvgIpc) is 3.45. The van der Waals surface area contributed by atoms with Crippen molar-refractivity contribution in [2.45, 2.75) is 82.8 Å². The normalized spacial score (nSPS) is 31.5. The number of fused-ring (bicyclic) bond motifs is 3. The van der Waals surface area contributed by atoms with Crippen molar-refractivity contribution in [1.29, 1.82) is 0 Å². The van der Waals surface area contributed by atoms with Gasteiger partial charge in [-0.05, 0) is 50.8 Å².